The molecule has 2 aromatic rings. The molecule has 25 heavy (non-hydrogen) atoms. The van der Waals surface area contributed by atoms with Gasteiger partial charge in [-0.25, -0.2) is 0 Å². The van der Waals surface area contributed by atoms with E-state index >= 15 is 0 Å². The lowest BCUT2D eigenvalue weighted by Gasteiger charge is -2.30. The van der Waals surface area contributed by atoms with Crippen molar-refractivity contribution in [3.63, 3.8) is 0 Å². The van der Waals surface area contributed by atoms with E-state index in [0.29, 0.717) is 5.41 Å². The molecule has 134 valence electrons. The molecule has 0 amide bonds. The first-order valence-corrected chi connectivity index (χ1v) is 9.66. The Morgan fingerprint density at radius 2 is 1.92 bits per heavy atom. The summed E-state index contributed by atoms with van der Waals surface area (Å²) in [5.74, 6) is 0.982. The second-order valence-corrected chi connectivity index (χ2v) is 7.38. The number of likely N-dealkylation sites (tertiary alicyclic amines) is 1. The van der Waals surface area contributed by atoms with E-state index in [1.165, 1.54) is 62.9 Å². The van der Waals surface area contributed by atoms with Crippen LogP contribution in [0.15, 0.2) is 54.6 Å². The first kappa shape index (κ1) is 18.0. The molecule has 1 aliphatic heterocycles. The Bertz CT molecular complexity index is 654. The van der Waals surface area contributed by atoms with Gasteiger partial charge in [-0.2, -0.15) is 0 Å². The van der Waals surface area contributed by atoms with Crippen molar-refractivity contribution in [2.24, 2.45) is 0 Å². The van der Waals surface area contributed by atoms with E-state index in [2.05, 4.69) is 66.4 Å². The van der Waals surface area contributed by atoms with Gasteiger partial charge in [-0.15, -0.1) is 0 Å². The molecule has 0 N–H and O–H groups in total. The molecule has 1 heterocycles. The third kappa shape index (κ3) is 4.43. The number of hydrogen-bond donors (Lipinski definition) is 0. The molecule has 0 bridgehead atoms. The molecule has 2 nitrogen and oxygen atoms in total. The first-order valence-electron chi connectivity index (χ1n) is 9.66. The number of rotatable bonds is 8. The highest BCUT2D eigenvalue weighted by molar-refractivity contribution is 5.35. The van der Waals surface area contributed by atoms with Crippen LogP contribution in [-0.4, -0.2) is 31.6 Å². The molecule has 2 aromatic carbocycles. The Labute approximate surface area is 152 Å². The van der Waals surface area contributed by atoms with Crippen LogP contribution in [0.1, 0.15) is 43.7 Å². The molecule has 1 aliphatic rings. The minimum atomic E-state index is 0.302. The Kier molecular flexibility index (Phi) is 6.14. The van der Waals surface area contributed by atoms with Crippen LogP contribution >= 0.6 is 0 Å². The first-order chi connectivity index (χ1) is 12.3. The molecule has 1 atom stereocenters. The van der Waals surface area contributed by atoms with Crippen molar-refractivity contribution in [3.05, 3.63) is 65.7 Å². The highest BCUT2D eigenvalue weighted by Gasteiger charge is 2.38. The third-order valence-electron chi connectivity index (χ3n) is 5.63. The quantitative estimate of drug-likeness (QED) is 0.666. The summed E-state index contributed by atoms with van der Waals surface area (Å²) >= 11 is 0. The number of aryl methyl sites for hydroxylation is 1. The molecule has 2 heteroatoms. The summed E-state index contributed by atoms with van der Waals surface area (Å²) in [6.45, 7) is 5.90. The van der Waals surface area contributed by atoms with Gasteiger partial charge in [0.1, 0.15) is 5.75 Å². The van der Waals surface area contributed by atoms with Crippen molar-refractivity contribution in [1.82, 2.24) is 4.90 Å². The van der Waals surface area contributed by atoms with Gasteiger partial charge in [0, 0.05) is 12.0 Å². The molecule has 1 saturated heterocycles. The van der Waals surface area contributed by atoms with Crippen molar-refractivity contribution < 1.29 is 4.74 Å². The summed E-state index contributed by atoms with van der Waals surface area (Å²) in [7, 11) is 1.76. The van der Waals surface area contributed by atoms with Gasteiger partial charge >= 0.3 is 0 Å². The van der Waals surface area contributed by atoms with Gasteiger partial charge in [-0.3, -0.25) is 0 Å². The molecule has 0 radical (unpaired) electrons. The Hall–Kier alpha value is -1.80. The normalized spacial score (nSPS) is 20.7. The highest BCUT2D eigenvalue weighted by Crippen LogP contribution is 2.39. The molecule has 1 unspecified atom stereocenters. The van der Waals surface area contributed by atoms with Gasteiger partial charge in [-0.05, 0) is 62.0 Å². The van der Waals surface area contributed by atoms with Gasteiger partial charge in [0.25, 0.3) is 0 Å². The van der Waals surface area contributed by atoms with E-state index in [0.717, 1.165) is 5.75 Å². The molecule has 3 rings (SSSR count). The van der Waals surface area contributed by atoms with Crippen molar-refractivity contribution in [2.45, 2.75) is 44.4 Å². The van der Waals surface area contributed by atoms with Crippen molar-refractivity contribution in [2.75, 3.05) is 26.7 Å². The predicted molar refractivity (Wildman–Crippen MR) is 105 cm³/mol. The molecule has 0 spiro atoms. The van der Waals surface area contributed by atoms with Crippen molar-refractivity contribution in [1.29, 1.82) is 0 Å². The Balaban J connectivity index is 1.62. The Morgan fingerprint density at radius 1 is 1.08 bits per heavy atom. The lowest BCUT2D eigenvalue weighted by molar-refractivity contribution is 0.297. The van der Waals surface area contributed by atoms with Crippen LogP contribution in [0.25, 0.3) is 0 Å². The smallest absolute Gasteiger partial charge is 0.119 e. The van der Waals surface area contributed by atoms with Crippen LogP contribution < -0.4 is 4.74 Å². The fourth-order valence-corrected chi connectivity index (χ4v) is 4.32. The second kappa shape index (κ2) is 8.53. The summed E-state index contributed by atoms with van der Waals surface area (Å²) in [5.41, 5.74) is 3.21. The standard InChI is InChI=1S/C23H31NO/c1-3-14-23(21-12-7-13-22(18-21)25-2)15-17-24(19-23)16-8-11-20-9-5-4-6-10-20/h4-7,9-10,12-13,18H,3,8,11,14-17,19H2,1-2H3. The summed E-state index contributed by atoms with van der Waals surface area (Å²) < 4.78 is 5.46. The maximum atomic E-state index is 5.46. The van der Waals surface area contributed by atoms with Crippen molar-refractivity contribution in [3.8, 4) is 5.75 Å². The maximum absolute atomic E-state index is 5.46. The van der Waals surface area contributed by atoms with E-state index in [1.807, 2.05) is 0 Å². The summed E-state index contributed by atoms with van der Waals surface area (Å²) in [5, 5.41) is 0. The minimum Gasteiger partial charge on any atom is -0.497 e. The van der Waals surface area contributed by atoms with Gasteiger partial charge < -0.3 is 9.64 Å². The fourth-order valence-electron chi connectivity index (χ4n) is 4.32. The van der Waals surface area contributed by atoms with Crippen LogP contribution in [0.5, 0.6) is 5.75 Å². The average molecular weight is 338 g/mol. The third-order valence-corrected chi connectivity index (χ3v) is 5.63. The monoisotopic (exact) mass is 337 g/mol. The van der Waals surface area contributed by atoms with Gasteiger partial charge in [0.2, 0.25) is 0 Å². The minimum absolute atomic E-state index is 0.302. The number of benzene rings is 2. The lowest BCUT2D eigenvalue weighted by atomic mass is 9.76. The number of nitrogens with zero attached hydrogens (tertiary/aromatic N) is 1. The number of hydrogen-bond acceptors (Lipinski definition) is 2. The topological polar surface area (TPSA) is 12.5 Å². The highest BCUT2D eigenvalue weighted by atomic mass is 16.5. The maximum Gasteiger partial charge on any atom is 0.119 e. The summed E-state index contributed by atoms with van der Waals surface area (Å²) in [4.78, 5) is 2.66. The summed E-state index contributed by atoms with van der Waals surface area (Å²) in [6.07, 6.45) is 6.17. The van der Waals surface area contributed by atoms with Crippen LogP contribution in [0.3, 0.4) is 0 Å². The molecular weight excluding hydrogens is 306 g/mol. The number of ether oxygens (including phenoxy) is 1. The molecule has 0 aromatic heterocycles. The largest absolute Gasteiger partial charge is 0.497 e. The SMILES string of the molecule is CCCC1(c2cccc(OC)c2)CCN(CCCc2ccccc2)C1. The lowest BCUT2D eigenvalue weighted by Crippen LogP contribution is -2.31. The van der Waals surface area contributed by atoms with E-state index in [1.54, 1.807) is 7.11 Å². The van der Waals surface area contributed by atoms with E-state index in [-0.39, 0.29) is 0 Å². The van der Waals surface area contributed by atoms with Crippen LogP contribution in [-0.2, 0) is 11.8 Å². The van der Waals surface area contributed by atoms with E-state index in [4.69, 9.17) is 4.74 Å². The number of methoxy groups -OCH3 is 1. The molecule has 1 fully saturated rings. The van der Waals surface area contributed by atoms with Crippen molar-refractivity contribution >= 4 is 0 Å². The zero-order chi connectivity index (χ0) is 17.5. The second-order valence-electron chi connectivity index (χ2n) is 7.38. The average Bonchev–Trinajstić information content (AvgIpc) is 3.07. The fraction of sp³-hybridized carbons (Fsp3) is 0.478. The zero-order valence-electron chi connectivity index (χ0n) is 15.7. The molecule has 0 aliphatic carbocycles. The predicted octanol–water partition coefficient (Wildman–Crippen LogP) is 5.07. The van der Waals surface area contributed by atoms with Crippen LogP contribution in [0.2, 0.25) is 0 Å². The summed E-state index contributed by atoms with van der Waals surface area (Å²) in [6, 6.07) is 19.6. The zero-order valence-corrected chi connectivity index (χ0v) is 15.7. The molecular formula is C23H31NO. The van der Waals surface area contributed by atoms with E-state index in [9.17, 15) is 0 Å². The Morgan fingerprint density at radius 3 is 2.68 bits per heavy atom. The van der Waals surface area contributed by atoms with Gasteiger partial charge in [0.05, 0.1) is 7.11 Å². The molecule has 0 saturated carbocycles. The van der Waals surface area contributed by atoms with Gasteiger partial charge in [-0.1, -0.05) is 55.8 Å². The van der Waals surface area contributed by atoms with Crippen LogP contribution in [0.4, 0.5) is 0 Å². The van der Waals surface area contributed by atoms with Crippen LogP contribution in [0, 0.1) is 0 Å². The van der Waals surface area contributed by atoms with E-state index < -0.39 is 0 Å². The van der Waals surface area contributed by atoms with Gasteiger partial charge in [0.15, 0.2) is 0 Å².